The van der Waals surface area contributed by atoms with Gasteiger partial charge in [-0.1, -0.05) is 0 Å². The van der Waals surface area contributed by atoms with Gasteiger partial charge in [-0.25, -0.2) is 4.98 Å². The van der Waals surface area contributed by atoms with Gasteiger partial charge in [0.1, 0.15) is 0 Å². The van der Waals surface area contributed by atoms with E-state index in [4.69, 9.17) is 15.6 Å². The monoisotopic (exact) mass is 225 g/mol. The minimum Gasteiger partial charge on any atom is -0.394 e. The molecule has 0 amide bonds. The fourth-order valence-electron chi connectivity index (χ4n) is 2.19. The summed E-state index contributed by atoms with van der Waals surface area (Å²) in [4.78, 5) is 4.08. The topological polar surface area (TPSA) is 73.3 Å². The normalized spacial score (nSPS) is 27.2. The molecule has 0 radical (unpaired) electrons. The van der Waals surface area contributed by atoms with Gasteiger partial charge in [-0.05, 0) is 19.8 Å². The Bertz CT molecular complexity index is 345. The molecule has 0 aromatic carbocycles. The smallest absolute Gasteiger partial charge is 0.0949 e. The first kappa shape index (κ1) is 11.6. The van der Waals surface area contributed by atoms with Gasteiger partial charge < -0.3 is 20.1 Å². The molecular formula is C11H19N3O2. The number of aliphatic hydroxyl groups excluding tert-OH is 1. The Kier molecular flexibility index (Phi) is 3.28. The second kappa shape index (κ2) is 4.53. The summed E-state index contributed by atoms with van der Waals surface area (Å²) in [7, 11) is 0. The largest absolute Gasteiger partial charge is 0.394 e. The molecule has 1 aliphatic heterocycles. The Balaban J connectivity index is 2.12. The summed E-state index contributed by atoms with van der Waals surface area (Å²) >= 11 is 0. The van der Waals surface area contributed by atoms with Crippen molar-refractivity contribution in [2.45, 2.75) is 38.0 Å². The van der Waals surface area contributed by atoms with Crippen LogP contribution in [0, 0.1) is 0 Å². The lowest BCUT2D eigenvalue weighted by Crippen LogP contribution is -2.31. The van der Waals surface area contributed by atoms with Crippen LogP contribution in [0.15, 0.2) is 12.5 Å². The second-order valence-corrected chi connectivity index (χ2v) is 4.64. The van der Waals surface area contributed by atoms with E-state index in [0.717, 1.165) is 31.7 Å². The summed E-state index contributed by atoms with van der Waals surface area (Å²) in [6, 6.07) is -0.368. The van der Waals surface area contributed by atoms with Crippen LogP contribution >= 0.6 is 0 Å². The van der Waals surface area contributed by atoms with Gasteiger partial charge in [0.2, 0.25) is 0 Å². The first-order chi connectivity index (χ1) is 7.64. The standard InChI is InChI=1S/C11H19N3O2/c1-11(3-2-4-16-11)7-14-8-13-5-10(14)9(12)6-15/h5,8-9,15H,2-4,6-7,12H2,1H3. The van der Waals surface area contributed by atoms with Gasteiger partial charge in [0.15, 0.2) is 0 Å². The molecule has 90 valence electrons. The maximum atomic E-state index is 9.06. The predicted octanol–water partition coefficient (Wildman–Crippen LogP) is 0.444. The molecule has 2 unspecified atom stereocenters. The second-order valence-electron chi connectivity index (χ2n) is 4.64. The molecule has 2 rings (SSSR count). The summed E-state index contributed by atoms with van der Waals surface area (Å²) in [6.45, 7) is 3.61. The van der Waals surface area contributed by atoms with E-state index in [1.54, 1.807) is 12.5 Å². The van der Waals surface area contributed by atoms with Crippen molar-refractivity contribution in [3.8, 4) is 0 Å². The number of hydrogen-bond acceptors (Lipinski definition) is 4. The third-order valence-corrected chi connectivity index (χ3v) is 3.13. The van der Waals surface area contributed by atoms with Crippen molar-refractivity contribution in [2.75, 3.05) is 13.2 Å². The Morgan fingerprint density at radius 3 is 3.19 bits per heavy atom. The molecule has 5 heteroatoms. The Morgan fingerprint density at radius 2 is 2.56 bits per heavy atom. The fourth-order valence-corrected chi connectivity index (χ4v) is 2.19. The quantitative estimate of drug-likeness (QED) is 0.780. The molecule has 0 aliphatic carbocycles. The lowest BCUT2D eigenvalue weighted by atomic mass is 10.0. The molecule has 1 aromatic rings. The van der Waals surface area contributed by atoms with Crippen LogP contribution < -0.4 is 5.73 Å². The average molecular weight is 225 g/mol. The summed E-state index contributed by atoms with van der Waals surface area (Å²) in [5.74, 6) is 0. The van der Waals surface area contributed by atoms with E-state index in [0.29, 0.717) is 0 Å². The highest BCUT2D eigenvalue weighted by Gasteiger charge is 2.31. The van der Waals surface area contributed by atoms with Crippen LogP contribution in [-0.2, 0) is 11.3 Å². The Morgan fingerprint density at radius 1 is 1.75 bits per heavy atom. The summed E-state index contributed by atoms with van der Waals surface area (Å²) in [5.41, 5.74) is 6.55. The summed E-state index contributed by atoms with van der Waals surface area (Å²) in [5, 5.41) is 9.06. The lowest BCUT2D eigenvalue weighted by Gasteiger charge is -2.25. The molecule has 5 nitrogen and oxygen atoms in total. The minimum atomic E-state index is -0.368. The van der Waals surface area contributed by atoms with E-state index in [9.17, 15) is 0 Å². The number of aromatic nitrogens is 2. The lowest BCUT2D eigenvalue weighted by molar-refractivity contribution is 0.00532. The number of nitrogens with zero attached hydrogens (tertiary/aromatic N) is 2. The van der Waals surface area contributed by atoms with Crippen LogP contribution in [0.1, 0.15) is 31.5 Å². The van der Waals surface area contributed by atoms with Crippen molar-refractivity contribution in [3.63, 3.8) is 0 Å². The number of imidazole rings is 1. The van der Waals surface area contributed by atoms with Gasteiger partial charge >= 0.3 is 0 Å². The van der Waals surface area contributed by atoms with Crippen molar-refractivity contribution in [3.05, 3.63) is 18.2 Å². The number of hydrogen-bond donors (Lipinski definition) is 2. The number of nitrogens with two attached hydrogens (primary N) is 1. The van der Waals surface area contributed by atoms with Gasteiger partial charge in [0.05, 0.1) is 36.8 Å². The van der Waals surface area contributed by atoms with Crippen LogP contribution in [0.3, 0.4) is 0 Å². The first-order valence-electron chi connectivity index (χ1n) is 5.65. The number of ether oxygens (including phenoxy) is 1. The van der Waals surface area contributed by atoms with Crippen molar-refractivity contribution in [1.29, 1.82) is 0 Å². The van der Waals surface area contributed by atoms with Crippen LogP contribution in [0.2, 0.25) is 0 Å². The maximum Gasteiger partial charge on any atom is 0.0949 e. The number of rotatable bonds is 4. The SMILES string of the molecule is CC1(Cn2cncc2C(N)CO)CCCO1. The molecule has 0 spiro atoms. The molecule has 1 aromatic heterocycles. The minimum absolute atomic E-state index is 0.0662. The molecule has 2 atom stereocenters. The fraction of sp³-hybridized carbons (Fsp3) is 0.727. The summed E-state index contributed by atoms with van der Waals surface area (Å²) in [6.07, 6.45) is 5.61. The third-order valence-electron chi connectivity index (χ3n) is 3.13. The molecule has 3 N–H and O–H groups in total. The van der Waals surface area contributed by atoms with Gasteiger partial charge in [-0.15, -0.1) is 0 Å². The van der Waals surface area contributed by atoms with Crippen LogP contribution in [-0.4, -0.2) is 33.5 Å². The number of aliphatic hydroxyl groups is 1. The van der Waals surface area contributed by atoms with Crippen molar-refractivity contribution < 1.29 is 9.84 Å². The zero-order valence-electron chi connectivity index (χ0n) is 9.59. The van der Waals surface area contributed by atoms with Crippen molar-refractivity contribution in [2.24, 2.45) is 5.73 Å². The van der Waals surface area contributed by atoms with Gasteiger partial charge in [0.25, 0.3) is 0 Å². The Labute approximate surface area is 95.2 Å². The van der Waals surface area contributed by atoms with E-state index >= 15 is 0 Å². The van der Waals surface area contributed by atoms with Gasteiger partial charge in [0, 0.05) is 12.8 Å². The molecule has 0 saturated carbocycles. The molecule has 1 aliphatic rings. The Hall–Kier alpha value is -0.910. The van der Waals surface area contributed by atoms with E-state index in [-0.39, 0.29) is 18.2 Å². The van der Waals surface area contributed by atoms with E-state index in [2.05, 4.69) is 11.9 Å². The molecular weight excluding hydrogens is 206 g/mol. The average Bonchev–Trinajstić information content (AvgIpc) is 2.87. The van der Waals surface area contributed by atoms with Crippen LogP contribution in [0.5, 0.6) is 0 Å². The third kappa shape index (κ3) is 2.26. The van der Waals surface area contributed by atoms with E-state index in [1.807, 2.05) is 4.57 Å². The van der Waals surface area contributed by atoms with Crippen molar-refractivity contribution >= 4 is 0 Å². The van der Waals surface area contributed by atoms with Crippen LogP contribution in [0.25, 0.3) is 0 Å². The highest BCUT2D eigenvalue weighted by molar-refractivity contribution is 5.05. The highest BCUT2D eigenvalue weighted by Crippen LogP contribution is 2.27. The van der Waals surface area contributed by atoms with Gasteiger partial charge in [-0.3, -0.25) is 0 Å². The molecule has 0 bridgehead atoms. The predicted molar refractivity (Wildman–Crippen MR) is 59.8 cm³/mol. The zero-order valence-corrected chi connectivity index (χ0v) is 9.59. The molecule has 16 heavy (non-hydrogen) atoms. The zero-order chi connectivity index (χ0) is 11.6. The van der Waals surface area contributed by atoms with Gasteiger partial charge in [-0.2, -0.15) is 0 Å². The molecule has 2 heterocycles. The van der Waals surface area contributed by atoms with E-state index < -0.39 is 0 Å². The van der Waals surface area contributed by atoms with Crippen LogP contribution in [0.4, 0.5) is 0 Å². The molecule has 1 saturated heterocycles. The summed E-state index contributed by atoms with van der Waals surface area (Å²) < 4.78 is 7.71. The molecule has 1 fully saturated rings. The maximum absolute atomic E-state index is 9.06. The first-order valence-corrected chi connectivity index (χ1v) is 5.65. The van der Waals surface area contributed by atoms with Crippen molar-refractivity contribution in [1.82, 2.24) is 9.55 Å². The highest BCUT2D eigenvalue weighted by atomic mass is 16.5. The van der Waals surface area contributed by atoms with E-state index in [1.165, 1.54) is 0 Å².